The molecule has 1 fully saturated rings. The first-order chi connectivity index (χ1) is 14.7. The number of anilines is 3. The van der Waals surface area contributed by atoms with Crippen molar-refractivity contribution in [3.63, 3.8) is 0 Å². The minimum Gasteiger partial charge on any atom is -0.482 e. The molecule has 2 aliphatic rings. The Morgan fingerprint density at radius 2 is 2.06 bits per heavy atom. The van der Waals surface area contributed by atoms with Crippen molar-refractivity contribution in [3.05, 3.63) is 46.5 Å². The topological polar surface area (TPSA) is 131 Å². The lowest BCUT2D eigenvalue weighted by atomic mass is 10.0. The molecular weight excluding hydrogens is 424 g/mol. The van der Waals surface area contributed by atoms with Crippen LogP contribution in [0, 0.1) is 16.0 Å². The van der Waals surface area contributed by atoms with E-state index in [4.69, 9.17) is 4.74 Å². The zero-order chi connectivity index (χ0) is 22.2. The number of nitro benzene ring substituents is 1. The molecule has 1 atom stereocenters. The van der Waals surface area contributed by atoms with Crippen LogP contribution in [0.5, 0.6) is 5.75 Å². The fourth-order valence-corrected chi connectivity index (χ4v) is 5.38. The van der Waals surface area contributed by atoms with E-state index in [0.29, 0.717) is 30.2 Å². The Bertz CT molecular complexity index is 1150. The molecule has 2 aromatic carbocycles. The summed E-state index contributed by atoms with van der Waals surface area (Å²) in [4.78, 5) is 22.5. The van der Waals surface area contributed by atoms with Crippen LogP contribution >= 0.6 is 0 Å². The van der Waals surface area contributed by atoms with E-state index in [2.05, 4.69) is 10.6 Å². The number of rotatable bonds is 5. The maximum Gasteiger partial charge on any atom is 0.294 e. The number of amides is 1. The second-order valence-corrected chi connectivity index (χ2v) is 9.66. The second-order valence-electron chi connectivity index (χ2n) is 7.72. The average Bonchev–Trinajstić information content (AvgIpc) is 2.73. The van der Waals surface area contributed by atoms with Gasteiger partial charge in [-0.3, -0.25) is 14.9 Å². The molecule has 0 saturated carbocycles. The third-order valence-electron chi connectivity index (χ3n) is 5.31. The monoisotopic (exact) mass is 446 g/mol. The number of benzene rings is 2. The van der Waals surface area contributed by atoms with Gasteiger partial charge in [0.05, 0.1) is 15.5 Å². The summed E-state index contributed by atoms with van der Waals surface area (Å²) in [6.45, 7) is 2.72. The van der Waals surface area contributed by atoms with Crippen molar-refractivity contribution < 1.29 is 22.9 Å². The van der Waals surface area contributed by atoms with Crippen LogP contribution in [-0.4, -0.2) is 43.2 Å². The van der Waals surface area contributed by atoms with Gasteiger partial charge < -0.3 is 15.4 Å². The van der Waals surface area contributed by atoms with Crippen LogP contribution in [0.3, 0.4) is 0 Å². The van der Waals surface area contributed by atoms with Crippen molar-refractivity contribution in [1.29, 1.82) is 0 Å². The van der Waals surface area contributed by atoms with Crippen LogP contribution in [0.1, 0.15) is 19.8 Å². The van der Waals surface area contributed by atoms with Gasteiger partial charge in [-0.25, -0.2) is 8.42 Å². The maximum atomic E-state index is 13.0. The van der Waals surface area contributed by atoms with E-state index in [0.717, 1.165) is 18.9 Å². The first-order valence-corrected chi connectivity index (χ1v) is 11.3. The van der Waals surface area contributed by atoms with Gasteiger partial charge in [0.1, 0.15) is 11.4 Å². The van der Waals surface area contributed by atoms with Crippen LogP contribution < -0.4 is 15.4 Å². The van der Waals surface area contributed by atoms with Crippen LogP contribution in [0.25, 0.3) is 0 Å². The Morgan fingerprint density at radius 1 is 1.26 bits per heavy atom. The number of carbonyl (C=O) groups is 1. The van der Waals surface area contributed by atoms with E-state index in [1.54, 1.807) is 18.2 Å². The quantitative estimate of drug-likeness (QED) is 0.533. The van der Waals surface area contributed by atoms with Gasteiger partial charge in [-0.1, -0.05) is 6.92 Å². The zero-order valence-electron chi connectivity index (χ0n) is 16.8. The molecule has 10 nitrogen and oxygen atoms in total. The molecule has 0 aliphatic carbocycles. The van der Waals surface area contributed by atoms with E-state index in [9.17, 15) is 23.3 Å². The van der Waals surface area contributed by atoms with Gasteiger partial charge in [0.15, 0.2) is 6.61 Å². The third-order valence-corrected chi connectivity index (χ3v) is 7.18. The summed E-state index contributed by atoms with van der Waals surface area (Å²) in [7, 11) is -3.82. The molecule has 0 bridgehead atoms. The largest absolute Gasteiger partial charge is 0.482 e. The van der Waals surface area contributed by atoms with Crippen molar-refractivity contribution >= 4 is 38.7 Å². The van der Waals surface area contributed by atoms with E-state index in [1.807, 2.05) is 6.92 Å². The Kier molecular flexibility index (Phi) is 5.54. The molecule has 2 heterocycles. The smallest absolute Gasteiger partial charge is 0.294 e. The highest BCUT2D eigenvalue weighted by Gasteiger charge is 2.30. The number of ether oxygens (including phenoxy) is 1. The standard InChI is InChI=1S/C20H22N4O6S/c1-13-3-2-8-23(11-13)31(28,29)15-5-6-16(18(10-15)24(26)27)21-14-4-7-19-17(9-14)22-20(25)12-30-19/h4-7,9-10,13,21H,2-3,8,11-12H2,1H3,(H,22,25). The van der Waals surface area contributed by atoms with Gasteiger partial charge in [0, 0.05) is 24.8 Å². The number of sulfonamides is 1. The number of piperidine rings is 1. The van der Waals surface area contributed by atoms with Crippen molar-refractivity contribution in [1.82, 2.24) is 4.31 Å². The number of nitrogens with one attached hydrogen (secondary N) is 2. The van der Waals surface area contributed by atoms with Gasteiger partial charge in [0.2, 0.25) is 10.0 Å². The maximum absolute atomic E-state index is 13.0. The zero-order valence-corrected chi connectivity index (χ0v) is 17.6. The van der Waals surface area contributed by atoms with Gasteiger partial charge in [-0.15, -0.1) is 0 Å². The van der Waals surface area contributed by atoms with Crippen molar-refractivity contribution in [3.8, 4) is 5.75 Å². The molecule has 0 aromatic heterocycles. The fourth-order valence-electron chi connectivity index (χ4n) is 3.76. The molecule has 0 spiro atoms. The van der Waals surface area contributed by atoms with Crippen LogP contribution in [0.15, 0.2) is 41.3 Å². The summed E-state index contributed by atoms with van der Waals surface area (Å²) in [6, 6.07) is 8.72. The molecule has 11 heteroatoms. The summed E-state index contributed by atoms with van der Waals surface area (Å²) in [5.74, 6) is 0.446. The highest BCUT2D eigenvalue weighted by atomic mass is 32.2. The number of hydrogen-bond donors (Lipinski definition) is 2. The molecule has 4 rings (SSSR count). The van der Waals surface area contributed by atoms with Crippen LogP contribution in [0.4, 0.5) is 22.7 Å². The lowest BCUT2D eigenvalue weighted by Gasteiger charge is -2.30. The number of carbonyl (C=O) groups excluding carboxylic acids is 1. The second kappa shape index (κ2) is 8.16. The Morgan fingerprint density at radius 3 is 2.81 bits per heavy atom. The van der Waals surface area contributed by atoms with Crippen molar-refractivity contribution in [2.24, 2.45) is 5.92 Å². The minimum absolute atomic E-state index is 0.0724. The molecule has 0 radical (unpaired) electrons. The lowest BCUT2D eigenvalue weighted by molar-refractivity contribution is -0.384. The highest BCUT2D eigenvalue weighted by molar-refractivity contribution is 7.89. The Hall–Kier alpha value is -3.18. The van der Waals surface area contributed by atoms with Gasteiger partial charge in [-0.2, -0.15) is 4.31 Å². The first kappa shape index (κ1) is 21.1. The molecule has 2 N–H and O–H groups in total. The molecule has 1 saturated heterocycles. The predicted octanol–water partition coefficient (Wildman–Crippen LogP) is 3.09. The summed E-state index contributed by atoms with van der Waals surface area (Å²) in [5.41, 5.74) is 0.707. The summed E-state index contributed by atoms with van der Waals surface area (Å²) in [5, 5.41) is 17.3. The number of fused-ring (bicyclic) bond motifs is 1. The normalized spacial score (nSPS) is 19.1. The van der Waals surface area contributed by atoms with E-state index in [1.165, 1.54) is 16.4 Å². The minimum atomic E-state index is -3.82. The Labute approximate surface area is 179 Å². The van der Waals surface area contributed by atoms with Gasteiger partial charge in [-0.05, 0) is 49.1 Å². The molecule has 31 heavy (non-hydrogen) atoms. The van der Waals surface area contributed by atoms with Crippen LogP contribution in [-0.2, 0) is 14.8 Å². The van der Waals surface area contributed by atoms with Gasteiger partial charge >= 0.3 is 0 Å². The van der Waals surface area contributed by atoms with E-state index in [-0.39, 0.29) is 34.7 Å². The van der Waals surface area contributed by atoms with Crippen molar-refractivity contribution in [2.75, 3.05) is 30.3 Å². The van der Waals surface area contributed by atoms with Crippen LogP contribution in [0.2, 0.25) is 0 Å². The SMILES string of the molecule is CC1CCCN(S(=O)(=O)c2ccc(Nc3ccc4c(c3)NC(=O)CO4)c([N+](=O)[O-])c2)C1. The molecule has 1 unspecified atom stereocenters. The summed E-state index contributed by atoms with van der Waals surface area (Å²) in [6.07, 6.45) is 1.72. The first-order valence-electron chi connectivity index (χ1n) is 9.86. The third kappa shape index (κ3) is 4.32. The number of nitro groups is 1. The molecule has 164 valence electrons. The number of nitrogens with zero attached hydrogens (tertiary/aromatic N) is 2. The lowest BCUT2D eigenvalue weighted by Crippen LogP contribution is -2.39. The molecule has 2 aromatic rings. The molecule has 1 amide bonds. The van der Waals surface area contributed by atoms with E-state index >= 15 is 0 Å². The average molecular weight is 446 g/mol. The van der Waals surface area contributed by atoms with Gasteiger partial charge in [0.25, 0.3) is 11.6 Å². The van der Waals surface area contributed by atoms with E-state index < -0.39 is 14.9 Å². The highest BCUT2D eigenvalue weighted by Crippen LogP contribution is 2.35. The fraction of sp³-hybridized carbons (Fsp3) is 0.350. The number of hydrogen-bond acceptors (Lipinski definition) is 7. The molecular formula is C20H22N4O6S. The predicted molar refractivity (Wildman–Crippen MR) is 114 cm³/mol. The molecule has 2 aliphatic heterocycles. The summed E-state index contributed by atoms with van der Waals surface area (Å²) < 4.78 is 32.7. The Balaban J connectivity index is 1.63. The van der Waals surface area contributed by atoms with Crippen molar-refractivity contribution in [2.45, 2.75) is 24.7 Å². The summed E-state index contributed by atoms with van der Waals surface area (Å²) >= 11 is 0.